The molecular formula is C32H29F2N7O2. The summed E-state index contributed by atoms with van der Waals surface area (Å²) in [4.78, 5) is 43.8. The summed E-state index contributed by atoms with van der Waals surface area (Å²) in [6.07, 6.45) is 4.68. The second kappa shape index (κ2) is 11.7. The first-order valence-corrected chi connectivity index (χ1v) is 13.9. The number of nitrogens with zero attached hydrogens (tertiary/aromatic N) is 5. The molecule has 1 atom stereocenters. The van der Waals surface area contributed by atoms with E-state index in [1.165, 1.54) is 6.20 Å². The van der Waals surface area contributed by atoms with E-state index in [2.05, 4.69) is 42.4 Å². The van der Waals surface area contributed by atoms with Gasteiger partial charge in [-0.3, -0.25) is 19.6 Å². The molecule has 9 nitrogen and oxygen atoms in total. The summed E-state index contributed by atoms with van der Waals surface area (Å²) in [6, 6.07) is 13.6. The van der Waals surface area contributed by atoms with Crippen LogP contribution in [0, 0.1) is 11.6 Å². The molecule has 2 N–H and O–H groups in total. The van der Waals surface area contributed by atoms with Crippen LogP contribution >= 0.6 is 0 Å². The van der Waals surface area contributed by atoms with Gasteiger partial charge in [-0.1, -0.05) is 12.1 Å². The van der Waals surface area contributed by atoms with Gasteiger partial charge < -0.3 is 20.4 Å². The molecule has 0 aliphatic carbocycles. The van der Waals surface area contributed by atoms with Crippen LogP contribution in [0.25, 0.3) is 11.1 Å². The minimum absolute atomic E-state index is 0.201. The fraction of sp³-hybridized carbons (Fsp3) is 0.219. The predicted octanol–water partition coefficient (Wildman–Crippen LogP) is 4.93. The zero-order valence-electron chi connectivity index (χ0n) is 23.6. The number of amides is 2. The van der Waals surface area contributed by atoms with Crippen molar-refractivity contribution in [2.24, 2.45) is 4.99 Å². The fourth-order valence-electron chi connectivity index (χ4n) is 5.23. The highest BCUT2D eigenvalue weighted by molar-refractivity contribution is 6.50. The van der Waals surface area contributed by atoms with E-state index in [9.17, 15) is 18.4 Å². The van der Waals surface area contributed by atoms with Gasteiger partial charge in [-0.2, -0.15) is 0 Å². The molecule has 4 aromatic rings. The average Bonchev–Trinajstić information content (AvgIpc) is 3.35. The quantitative estimate of drug-likeness (QED) is 0.335. The summed E-state index contributed by atoms with van der Waals surface area (Å²) < 4.78 is 27.7. The Morgan fingerprint density at radius 2 is 1.63 bits per heavy atom. The number of hydrogen-bond donors (Lipinski definition) is 2. The SMILES string of the molecule is C[C@@H]1N=C(C(=O)Nc2ccc(N3CCN(C)CC3)nc2)c2cc(-c3cncc(NC(=O)c4cc(F)ccc4F)c3)ccc21. The van der Waals surface area contributed by atoms with Gasteiger partial charge in [0.05, 0.1) is 35.4 Å². The Bertz CT molecular complexity index is 1730. The van der Waals surface area contributed by atoms with Crippen LogP contribution < -0.4 is 15.5 Å². The number of aromatic nitrogens is 2. The molecule has 6 rings (SSSR count). The average molecular weight is 582 g/mol. The van der Waals surface area contributed by atoms with Gasteiger partial charge in [0.15, 0.2) is 0 Å². The van der Waals surface area contributed by atoms with Crippen molar-refractivity contribution in [2.75, 3.05) is 48.8 Å². The molecule has 2 aromatic heterocycles. The second-order valence-corrected chi connectivity index (χ2v) is 10.6. The molecule has 1 fully saturated rings. The topological polar surface area (TPSA) is 103 Å². The number of piperazine rings is 1. The number of likely N-dealkylation sites (N-methyl/N-ethyl adjacent to an activating group) is 1. The number of pyridine rings is 2. The molecule has 0 saturated carbocycles. The van der Waals surface area contributed by atoms with Gasteiger partial charge in [0.1, 0.15) is 23.2 Å². The smallest absolute Gasteiger partial charge is 0.274 e. The van der Waals surface area contributed by atoms with Crippen LogP contribution in [0.15, 0.2) is 78.2 Å². The van der Waals surface area contributed by atoms with E-state index in [1.807, 2.05) is 37.3 Å². The maximum Gasteiger partial charge on any atom is 0.274 e. The molecule has 2 amide bonds. The number of anilines is 3. The minimum atomic E-state index is -0.831. The van der Waals surface area contributed by atoms with Crippen LogP contribution in [0.2, 0.25) is 0 Å². The number of hydrogen-bond acceptors (Lipinski definition) is 7. The van der Waals surface area contributed by atoms with Gasteiger partial charge in [-0.25, -0.2) is 13.8 Å². The van der Waals surface area contributed by atoms with Crippen LogP contribution in [0.3, 0.4) is 0 Å². The van der Waals surface area contributed by atoms with Crippen LogP contribution in [-0.4, -0.2) is 65.6 Å². The number of rotatable bonds is 6. The molecule has 2 aliphatic rings. The van der Waals surface area contributed by atoms with E-state index in [0.29, 0.717) is 28.2 Å². The highest BCUT2D eigenvalue weighted by atomic mass is 19.1. The first kappa shape index (κ1) is 28.1. The summed E-state index contributed by atoms with van der Waals surface area (Å²) in [5.74, 6) is -1.81. The molecule has 11 heteroatoms. The molecule has 0 radical (unpaired) electrons. The Hall–Kier alpha value is -5.03. The van der Waals surface area contributed by atoms with Gasteiger partial charge in [0.2, 0.25) is 0 Å². The van der Waals surface area contributed by atoms with E-state index in [0.717, 1.165) is 61.3 Å². The number of aliphatic imine (C=N–C) groups is 1. The monoisotopic (exact) mass is 581 g/mol. The van der Waals surface area contributed by atoms with Crippen LogP contribution in [0.1, 0.15) is 34.5 Å². The third-order valence-corrected chi connectivity index (χ3v) is 7.63. The standard InChI is InChI=1S/C32H29F2N7O2/c1-19-25-6-3-20(21-13-24(17-35-16-21)39-31(42)27-15-22(33)4-7-28(27)34)14-26(25)30(37-19)32(43)38-23-5-8-29(36-18-23)41-11-9-40(2)10-12-41/h3-8,13-19H,9-12H2,1-2H3,(H,38,43)(H,39,42)/t19-/m0/s1. The number of fused-ring (bicyclic) bond motifs is 1. The molecule has 2 aliphatic heterocycles. The maximum atomic E-state index is 14.1. The Labute approximate surface area is 247 Å². The van der Waals surface area contributed by atoms with E-state index in [-0.39, 0.29) is 11.9 Å². The van der Waals surface area contributed by atoms with Crippen molar-refractivity contribution in [1.29, 1.82) is 0 Å². The normalized spacial score (nSPS) is 16.4. The number of nitrogens with one attached hydrogen (secondary N) is 2. The largest absolute Gasteiger partial charge is 0.354 e. The zero-order valence-corrected chi connectivity index (χ0v) is 23.6. The first-order valence-electron chi connectivity index (χ1n) is 13.9. The molecule has 4 heterocycles. The number of benzene rings is 2. The van der Waals surface area contributed by atoms with E-state index >= 15 is 0 Å². The van der Waals surface area contributed by atoms with Gasteiger partial charge in [0, 0.05) is 43.5 Å². The van der Waals surface area contributed by atoms with Crippen molar-refractivity contribution in [1.82, 2.24) is 14.9 Å². The van der Waals surface area contributed by atoms with Crippen LogP contribution in [0.4, 0.5) is 26.0 Å². The Morgan fingerprint density at radius 3 is 2.40 bits per heavy atom. The lowest BCUT2D eigenvalue weighted by Gasteiger charge is -2.33. The molecular weight excluding hydrogens is 552 g/mol. The van der Waals surface area contributed by atoms with Gasteiger partial charge in [0.25, 0.3) is 11.8 Å². The number of halogens is 2. The van der Waals surface area contributed by atoms with Crippen molar-refractivity contribution in [2.45, 2.75) is 13.0 Å². The van der Waals surface area contributed by atoms with Gasteiger partial charge in [-0.05, 0) is 67.6 Å². The summed E-state index contributed by atoms with van der Waals surface area (Å²) in [5, 5.41) is 5.49. The highest BCUT2D eigenvalue weighted by Crippen LogP contribution is 2.34. The van der Waals surface area contributed by atoms with Crippen molar-refractivity contribution in [3.63, 3.8) is 0 Å². The van der Waals surface area contributed by atoms with Crippen molar-refractivity contribution < 1.29 is 18.4 Å². The molecule has 0 bridgehead atoms. The predicted molar refractivity (Wildman–Crippen MR) is 162 cm³/mol. The molecule has 2 aromatic carbocycles. The van der Waals surface area contributed by atoms with Crippen molar-refractivity contribution in [3.8, 4) is 11.1 Å². The lowest BCUT2D eigenvalue weighted by molar-refractivity contribution is -0.110. The molecule has 1 saturated heterocycles. The second-order valence-electron chi connectivity index (χ2n) is 10.6. The third kappa shape index (κ3) is 5.98. The molecule has 0 unspecified atom stereocenters. The first-order chi connectivity index (χ1) is 20.7. The Balaban J connectivity index is 1.18. The minimum Gasteiger partial charge on any atom is -0.354 e. The Kier molecular flexibility index (Phi) is 7.64. The molecule has 43 heavy (non-hydrogen) atoms. The van der Waals surface area contributed by atoms with Crippen LogP contribution in [-0.2, 0) is 4.79 Å². The summed E-state index contributed by atoms with van der Waals surface area (Å²) in [5.41, 5.74) is 3.79. The maximum absolute atomic E-state index is 14.1. The molecule has 0 spiro atoms. The molecule has 218 valence electrons. The Morgan fingerprint density at radius 1 is 0.837 bits per heavy atom. The summed E-state index contributed by atoms with van der Waals surface area (Å²) in [6.45, 7) is 5.68. The van der Waals surface area contributed by atoms with Crippen molar-refractivity contribution in [3.05, 3.63) is 102 Å². The number of carbonyl (C=O) groups is 2. The van der Waals surface area contributed by atoms with E-state index in [1.54, 1.807) is 18.5 Å². The lowest BCUT2D eigenvalue weighted by atomic mass is 9.96. The fourth-order valence-corrected chi connectivity index (χ4v) is 5.23. The summed E-state index contributed by atoms with van der Waals surface area (Å²) in [7, 11) is 2.10. The highest BCUT2D eigenvalue weighted by Gasteiger charge is 2.27. The van der Waals surface area contributed by atoms with Gasteiger partial charge in [-0.15, -0.1) is 0 Å². The van der Waals surface area contributed by atoms with Gasteiger partial charge >= 0.3 is 0 Å². The lowest BCUT2D eigenvalue weighted by Crippen LogP contribution is -2.44. The third-order valence-electron chi connectivity index (χ3n) is 7.63. The zero-order chi connectivity index (χ0) is 30.1. The van der Waals surface area contributed by atoms with E-state index in [4.69, 9.17) is 0 Å². The number of carbonyl (C=O) groups excluding carboxylic acids is 2. The van der Waals surface area contributed by atoms with Crippen LogP contribution in [0.5, 0.6) is 0 Å². The van der Waals surface area contributed by atoms with E-state index < -0.39 is 23.1 Å². The summed E-state index contributed by atoms with van der Waals surface area (Å²) >= 11 is 0. The van der Waals surface area contributed by atoms with Crippen molar-refractivity contribution >= 4 is 34.7 Å².